The number of rotatable bonds is 11. The molecule has 0 aliphatic heterocycles. The van der Waals surface area contributed by atoms with Crippen molar-refractivity contribution in [2.45, 2.75) is 39.5 Å². The van der Waals surface area contributed by atoms with Gasteiger partial charge in [0.15, 0.2) is 13.2 Å². The molecule has 0 heterocycles. The third-order valence-electron chi connectivity index (χ3n) is 2.05. The Morgan fingerprint density at radius 3 is 2.37 bits per heavy atom. The zero-order chi connectivity index (χ0) is 14.5. The summed E-state index contributed by atoms with van der Waals surface area (Å²) in [5, 5.41) is 0. The van der Waals surface area contributed by atoms with Gasteiger partial charge in [-0.25, -0.2) is 9.59 Å². The first-order valence-electron chi connectivity index (χ1n) is 6.40. The molecule has 0 rings (SSSR count). The summed E-state index contributed by atoms with van der Waals surface area (Å²) in [5.41, 5.74) is 2.98. The van der Waals surface area contributed by atoms with E-state index in [0.29, 0.717) is 12.3 Å². The van der Waals surface area contributed by atoms with Gasteiger partial charge in [-0.05, 0) is 13.3 Å². The highest BCUT2D eigenvalue weighted by Crippen LogP contribution is 1.99. The first-order chi connectivity index (χ1) is 9.06. The zero-order valence-corrected chi connectivity index (χ0v) is 11.7. The van der Waals surface area contributed by atoms with Crippen molar-refractivity contribution in [3.8, 4) is 0 Å². The number of ether oxygens (including phenoxy) is 2. The van der Waals surface area contributed by atoms with Crippen molar-refractivity contribution < 1.29 is 23.9 Å². The second-order valence-corrected chi connectivity index (χ2v) is 4.11. The summed E-state index contributed by atoms with van der Waals surface area (Å²) in [6.07, 6.45) is 4.12. The molecule has 0 aromatic heterocycles. The molecular formula is C13H23NO5. The van der Waals surface area contributed by atoms with Gasteiger partial charge >= 0.3 is 11.9 Å². The molecule has 0 aromatic rings. The van der Waals surface area contributed by atoms with Gasteiger partial charge in [0.05, 0.1) is 6.61 Å². The molecule has 1 N–H and O–H groups in total. The molecule has 110 valence electrons. The molecule has 0 radical (unpaired) electrons. The van der Waals surface area contributed by atoms with E-state index in [4.69, 9.17) is 9.57 Å². The van der Waals surface area contributed by atoms with Gasteiger partial charge in [0.1, 0.15) is 0 Å². The maximum atomic E-state index is 11.2. The smallest absolute Gasteiger partial charge is 0.344 e. The van der Waals surface area contributed by atoms with Gasteiger partial charge in [0, 0.05) is 5.70 Å². The second kappa shape index (κ2) is 11.5. The summed E-state index contributed by atoms with van der Waals surface area (Å²) in [5.74, 6) is -1.19. The van der Waals surface area contributed by atoms with Crippen molar-refractivity contribution in [1.29, 1.82) is 0 Å². The van der Waals surface area contributed by atoms with Crippen LogP contribution < -0.4 is 5.48 Å². The molecular weight excluding hydrogens is 250 g/mol. The molecule has 0 atom stereocenters. The number of carbonyl (C=O) groups excluding carboxylic acids is 2. The predicted octanol–water partition coefficient (Wildman–Crippen LogP) is 1.71. The van der Waals surface area contributed by atoms with Crippen LogP contribution in [0.3, 0.4) is 0 Å². The standard InChI is InChI=1S/C13H23NO5/c1-4-5-6-7-8-17-12(15)9-18-13(16)10-19-14-11(2)3/h14H,2,4-10H2,1,3H3. The lowest BCUT2D eigenvalue weighted by Crippen LogP contribution is -2.23. The van der Waals surface area contributed by atoms with Crippen molar-refractivity contribution in [2.24, 2.45) is 0 Å². The van der Waals surface area contributed by atoms with E-state index in [0.717, 1.165) is 25.7 Å². The lowest BCUT2D eigenvalue weighted by Gasteiger charge is -2.07. The minimum atomic E-state index is -0.642. The predicted molar refractivity (Wildman–Crippen MR) is 70.0 cm³/mol. The van der Waals surface area contributed by atoms with Gasteiger partial charge < -0.3 is 9.47 Å². The van der Waals surface area contributed by atoms with Crippen LogP contribution in [0.15, 0.2) is 12.3 Å². The molecule has 19 heavy (non-hydrogen) atoms. The second-order valence-electron chi connectivity index (χ2n) is 4.11. The van der Waals surface area contributed by atoms with Crippen LogP contribution in [0.5, 0.6) is 0 Å². The summed E-state index contributed by atoms with van der Waals surface area (Å²) in [4.78, 5) is 27.1. The van der Waals surface area contributed by atoms with Crippen LogP contribution in [0.25, 0.3) is 0 Å². The maximum absolute atomic E-state index is 11.2. The van der Waals surface area contributed by atoms with Crippen molar-refractivity contribution >= 4 is 11.9 Å². The van der Waals surface area contributed by atoms with Gasteiger partial charge in [-0.15, -0.1) is 0 Å². The third-order valence-corrected chi connectivity index (χ3v) is 2.05. The Balaban J connectivity index is 3.45. The highest BCUT2D eigenvalue weighted by atomic mass is 16.7. The van der Waals surface area contributed by atoms with Crippen molar-refractivity contribution in [3.05, 3.63) is 12.3 Å². The van der Waals surface area contributed by atoms with Crippen LogP contribution in [0.4, 0.5) is 0 Å². The number of hydrogen-bond acceptors (Lipinski definition) is 6. The van der Waals surface area contributed by atoms with E-state index in [1.807, 2.05) is 0 Å². The number of nitrogens with one attached hydrogen (secondary N) is 1. The quantitative estimate of drug-likeness (QED) is 0.351. The number of carbonyl (C=O) groups is 2. The first kappa shape index (κ1) is 17.4. The maximum Gasteiger partial charge on any atom is 0.344 e. The molecule has 0 amide bonds. The van der Waals surface area contributed by atoms with Crippen molar-refractivity contribution in [3.63, 3.8) is 0 Å². The topological polar surface area (TPSA) is 73.9 Å². The van der Waals surface area contributed by atoms with Gasteiger partial charge in [0.25, 0.3) is 0 Å². The van der Waals surface area contributed by atoms with E-state index >= 15 is 0 Å². The average Bonchev–Trinajstić information content (AvgIpc) is 2.35. The Kier molecular flexibility index (Phi) is 10.6. The van der Waals surface area contributed by atoms with Crippen molar-refractivity contribution in [2.75, 3.05) is 19.8 Å². The minimum Gasteiger partial charge on any atom is -0.463 e. The SMILES string of the molecule is C=C(C)NOCC(=O)OCC(=O)OCCCCCC. The monoisotopic (exact) mass is 273 g/mol. The third kappa shape index (κ3) is 12.7. The van der Waals surface area contributed by atoms with Gasteiger partial charge in [-0.2, -0.15) is 0 Å². The normalized spacial score (nSPS) is 9.79. The molecule has 0 saturated heterocycles. The molecule has 0 saturated carbocycles. The molecule has 0 bridgehead atoms. The molecule has 6 heteroatoms. The molecule has 0 aliphatic carbocycles. The molecule has 0 aromatic carbocycles. The summed E-state index contributed by atoms with van der Waals surface area (Å²) >= 11 is 0. The lowest BCUT2D eigenvalue weighted by atomic mass is 10.2. The fraction of sp³-hybridized carbons (Fsp3) is 0.692. The van der Waals surface area contributed by atoms with E-state index in [2.05, 4.69) is 23.7 Å². The van der Waals surface area contributed by atoms with Crippen LogP contribution in [-0.4, -0.2) is 31.8 Å². The lowest BCUT2D eigenvalue weighted by molar-refractivity contribution is -0.162. The molecule has 0 unspecified atom stereocenters. The fourth-order valence-electron chi connectivity index (χ4n) is 1.16. The summed E-state index contributed by atoms with van der Waals surface area (Å²) < 4.78 is 9.55. The van der Waals surface area contributed by atoms with E-state index in [1.165, 1.54) is 0 Å². The summed E-state index contributed by atoms with van der Waals surface area (Å²) in [6.45, 7) is 6.99. The van der Waals surface area contributed by atoms with E-state index in [-0.39, 0.29) is 13.2 Å². The number of allylic oxidation sites excluding steroid dienone is 1. The fourth-order valence-corrected chi connectivity index (χ4v) is 1.16. The Hall–Kier alpha value is -1.56. The van der Waals surface area contributed by atoms with Crippen LogP contribution in [0.1, 0.15) is 39.5 Å². The molecule has 0 aliphatic rings. The largest absolute Gasteiger partial charge is 0.463 e. The Bertz CT molecular complexity index is 291. The van der Waals surface area contributed by atoms with Gasteiger partial charge in [0.2, 0.25) is 0 Å². The van der Waals surface area contributed by atoms with Crippen LogP contribution in [-0.2, 0) is 23.9 Å². The molecule has 6 nitrogen and oxygen atoms in total. The van der Waals surface area contributed by atoms with Gasteiger partial charge in [-0.3, -0.25) is 10.3 Å². The minimum absolute atomic E-state index is 0.295. The van der Waals surface area contributed by atoms with Crippen LogP contribution >= 0.6 is 0 Å². The van der Waals surface area contributed by atoms with Gasteiger partial charge in [-0.1, -0.05) is 32.8 Å². The van der Waals surface area contributed by atoms with E-state index < -0.39 is 11.9 Å². The van der Waals surface area contributed by atoms with E-state index in [9.17, 15) is 9.59 Å². The number of hydrogen-bond donors (Lipinski definition) is 1. The van der Waals surface area contributed by atoms with Crippen LogP contribution in [0.2, 0.25) is 0 Å². The number of unbranched alkanes of at least 4 members (excludes halogenated alkanes) is 3. The number of esters is 2. The van der Waals surface area contributed by atoms with Crippen molar-refractivity contribution in [1.82, 2.24) is 5.48 Å². The first-order valence-corrected chi connectivity index (χ1v) is 6.40. The van der Waals surface area contributed by atoms with Crippen LogP contribution in [0, 0.1) is 0 Å². The van der Waals surface area contributed by atoms with E-state index in [1.54, 1.807) is 6.92 Å². The Morgan fingerprint density at radius 1 is 1.05 bits per heavy atom. The zero-order valence-electron chi connectivity index (χ0n) is 11.7. The molecule has 0 fully saturated rings. The average molecular weight is 273 g/mol. The Labute approximate surface area is 114 Å². The highest BCUT2D eigenvalue weighted by Gasteiger charge is 2.08. The Morgan fingerprint density at radius 2 is 1.74 bits per heavy atom. The highest BCUT2D eigenvalue weighted by molar-refractivity contribution is 5.76. The summed E-state index contributed by atoms with van der Waals surface area (Å²) in [7, 11) is 0. The molecule has 0 spiro atoms. The number of hydroxylamine groups is 1. The summed E-state index contributed by atoms with van der Waals surface area (Å²) in [6, 6.07) is 0.